The average molecular weight is 334 g/mol. The number of nitrogens with one attached hydrogen (secondary N) is 1. The SMILES string of the molecule is Nc1cc(Cl)cc(S(=O)(=O)NCCCn2ccnn2)c1F. The first kappa shape index (κ1) is 15.7. The first-order chi connectivity index (χ1) is 9.90. The smallest absolute Gasteiger partial charge is 0.243 e. The van der Waals surface area contributed by atoms with Gasteiger partial charge in [-0.05, 0) is 18.6 Å². The van der Waals surface area contributed by atoms with Gasteiger partial charge in [0.1, 0.15) is 4.90 Å². The van der Waals surface area contributed by atoms with Crippen molar-refractivity contribution in [2.45, 2.75) is 17.9 Å². The lowest BCUT2D eigenvalue weighted by Gasteiger charge is -2.09. The van der Waals surface area contributed by atoms with Crippen LogP contribution in [0.5, 0.6) is 0 Å². The van der Waals surface area contributed by atoms with Crippen LogP contribution in [0.15, 0.2) is 29.4 Å². The highest BCUT2D eigenvalue weighted by Crippen LogP contribution is 2.24. The Balaban J connectivity index is 2.02. The van der Waals surface area contributed by atoms with E-state index in [1.54, 1.807) is 10.9 Å². The summed E-state index contributed by atoms with van der Waals surface area (Å²) >= 11 is 5.70. The van der Waals surface area contributed by atoms with E-state index in [4.69, 9.17) is 17.3 Å². The van der Waals surface area contributed by atoms with Crippen LogP contribution >= 0.6 is 11.6 Å². The molecule has 0 spiro atoms. The fraction of sp³-hybridized carbons (Fsp3) is 0.273. The highest BCUT2D eigenvalue weighted by atomic mass is 35.5. The fourth-order valence-electron chi connectivity index (χ4n) is 1.66. The van der Waals surface area contributed by atoms with Gasteiger partial charge in [-0.15, -0.1) is 5.10 Å². The summed E-state index contributed by atoms with van der Waals surface area (Å²) in [4.78, 5) is -0.562. The third kappa shape index (κ3) is 3.90. The lowest BCUT2D eigenvalue weighted by Crippen LogP contribution is -2.26. The Morgan fingerprint density at radius 2 is 2.19 bits per heavy atom. The summed E-state index contributed by atoms with van der Waals surface area (Å²) in [7, 11) is -4.01. The molecule has 1 aromatic carbocycles. The minimum atomic E-state index is -4.01. The van der Waals surface area contributed by atoms with E-state index in [1.807, 2.05) is 0 Å². The average Bonchev–Trinajstić information content (AvgIpc) is 2.92. The molecule has 0 atom stereocenters. The van der Waals surface area contributed by atoms with Gasteiger partial charge in [0.15, 0.2) is 5.82 Å². The summed E-state index contributed by atoms with van der Waals surface area (Å²) in [5.74, 6) is -1.01. The maximum Gasteiger partial charge on any atom is 0.243 e. The molecule has 0 fully saturated rings. The van der Waals surface area contributed by atoms with Crippen LogP contribution in [0.3, 0.4) is 0 Å². The second kappa shape index (κ2) is 6.37. The Hall–Kier alpha value is -1.71. The van der Waals surface area contributed by atoms with E-state index in [1.165, 1.54) is 6.20 Å². The number of halogens is 2. The zero-order valence-electron chi connectivity index (χ0n) is 10.8. The second-order valence-electron chi connectivity index (χ2n) is 4.22. The van der Waals surface area contributed by atoms with Crippen LogP contribution in [-0.2, 0) is 16.6 Å². The van der Waals surface area contributed by atoms with Crippen molar-refractivity contribution >= 4 is 27.3 Å². The molecule has 0 radical (unpaired) electrons. The molecular weight excluding hydrogens is 321 g/mol. The maximum atomic E-state index is 13.8. The molecule has 1 heterocycles. The Morgan fingerprint density at radius 3 is 2.86 bits per heavy atom. The monoisotopic (exact) mass is 333 g/mol. The molecule has 0 saturated heterocycles. The third-order valence-corrected chi connectivity index (χ3v) is 4.33. The van der Waals surface area contributed by atoms with Gasteiger partial charge in [-0.3, -0.25) is 4.68 Å². The predicted octanol–water partition coefficient (Wildman–Crippen LogP) is 1.02. The number of nitrogens with zero attached hydrogens (tertiary/aromatic N) is 3. The molecule has 0 amide bonds. The summed E-state index contributed by atoms with van der Waals surface area (Å²) in [6.07, 6.45) is 3.65. The van der Waals surface area contributed by atoms with Crippen LogP contribution in [0.2, 0.25) is 5.02 Å². The molecule has 0 saturated carbocycles. The molecule has 7 nitrogen and oxygen atoms in total. The van der Waals surface area contributed by atoms with Crippen molar-refractivity contribution in [2.75, 3.05) is 12.3 Å². The number of aromatic nitrogens is 3. The molecule has 0 bridgehead atoms. The molecule has 2 rings (SSSR count). The number of aryl methyl sites for hydroxylation is 1. The topological polar surface area (TPSA) is 103 Å². The molecule has 10 heteroatoms. The van der Waals surface area contributed by atoms with Gasteiger partial charge >= 0.3 is 0 Å². The normalized spacial score (nSPS) is 11.7. The van der Waals surface area contributed by atoms with Gasteiger partial charge in [0.05, 0.1) is 11.9 Å². The van der Waals surface area contributed by atoms with Crippen molar-refractivity contribution in [3.63, 3.8) is 0 Å². The van der Waals surface area contributed by atoms with Crippen LogP contribution in [0.4, 0.5) is 10.1 Å². The van der Waals surface area contributed by atoms with E-state index < -0.39 is 20.7 Å². The van der Waals surface area contributed by atoms with Crippen molar-refractivity contribution < 1.29 is 12.8 Å². The molecular formula is C11H13ClFN5O2S. The Morgan fingerprint density at radius 1 is 1.43 bits per heavy atom. The lowest BCUT2D eigenvalue weighted by molar-refractivity contribution is 0.536. The number of hydrogen-bond donors (Lipinski definition) is 2. The summed E-state index contributed by atoms with van der Waals surface area (Å²) in [5, 5.41) is 7.42. The van der Waals surface area contributed by atoms with E-state index >= 15 is 0 Å². The van der Waals surface area contributed by atoms with Crippen molar-refractivity contribution in [2.24, 2.45) is 0 Å². The number of hydrogen-bond acceptors (Lipinski definition) is 5. The molecule has 0 unspecified atom stereocenters. The molecule has 114 valence electrons. The largest absolute Gasteiger partial charge is 0.396 e. The summed E-state index contributed by atoms with van der Waals surface area (Å²) in [5.41, 5.74) is 5.05. The van der Waals surface area contributed by atoms with E-state index in [9.17, 15) is 12.8 Å². The highest BCUT2D eigenvalue weighted by Gasteiger charge is 2.21. The minimum absolute atomic E-state index is 0.0527. The second-order valence-corrected chi connectivity index (χ2v) is 6.40. The van der Waals surface area contributed by atoms with Gasteiger partial charge in [0.2, 0.25) is 10.0 Å². The molecule has 1 aromatic heterocycles. The summed E-state index contributed by atoms with van der Waals surface area (Å²) in [6.45, 7) is 0.608. The zero-order chi connectivity index (χ0) is 15.5. The highest BCUT2D eigenvalue weighted by molar-refractivity contribution is 7.89. The molecule has 0 aliphatic heterocycles. The number of rotatable bonds is 6. The number of nitrogen functional groups attached to an aromatic ring is 1. The number of anilines is 1. The minimum Gasteiger partial charge on any atom is -0.396 e. The molecule has 0 aliphatic carbocycles. The van der Waals surface area contributed by atoms with Crippen LogP contribution in [0.25, 0.3) is 0 Å². The van der Waals surface area contributed by atoms with Gasteiger partial charge in [-0.2, -0.15) is 0 Å². The van der Waals surface area contributed by atoms with E-state index in [0.717, 1.165) is 12.1 Å². The van der Waals surface area contributed by atoms with Gasteiger partial charge in [0, 0.05) is 24.3 Å². The number of benzene rings is 1. The van der Waals surface area contributed by atoms with E-state index in [-0.39, 0.29) is 17.3 Å². The van der Waals surface area contributed by atoms with E-state index in [2.05, 4.69) is 15.0 Å². The number of sulfonamides is 1. The molecule has 3 N–H and O–H groups in total. The lowest BCUT2D eigenvalue weighted by atomic mass is 10.3. The van der Waals surface area contributed by atoms with Crippen molar-refractivity contribution in [3.05, 3.63) is 35.4 Å². The van der Waals surface area contributed by atoms with Gasteiger partial charge < -0.3 is 5.73 Å². The van der Waals surface area contributed by atoms with Crippen molar-refractivity contribution in [1.82, 2.24) is 19.7 Å². The third-order valence-electron chi connectivity index (χ3n) is 2.65. The van der Waals surface area contributed by atoms with Gasteiger partial charge in [-0.1, -0.05) is 16.8 Å². The Kier molecular flexibility index (Phi) is 4.76. The fourth-order valence-corrected chi connectivity index (χ4v) is 3.15. The van der Waals surface area contributed by atoms with E-state index in [0.29, 0.717) is 13.0 Å². The molecule has 0 aliphatic rings. The maximum absolute atomic E-state index is 13.8. The van der Waals surface area contributed by atoms with Crippen LogP contribution in [0.1, 0.15) is 6.42 Å². The zero-order valence-corrected chi connectivity index (χ0v) is 12.4. The van der Waals surface area contributed by atoms with Crippen molar-refractivity contribution in [3.8, 4) is 0 Å². The predicted molar refractivity (Wildman–Crippen MR) is 75.6 cm³/mol. The molecule has 21 heavy (non-hydrogen) atoms. The van der Waals surface area contributed by atoms with Gasteiger partial charge in [0.25, 0.3) is 0 Å². The quantitative estimate of drug-likeness (QED) is 0.607. The Labute approximate surface area is 125 Å². The first-order valence-corrected chi connectivity index (χ1v) is 7.84. The first-order valence-electron chi connectivity index (χ1n) is 5.98. The van der Waals surface area contributed by atoms with Crippen molar-refractivity contribution in [1.29, 1.82) is 0 Å². The van der Waals surface area contributed by atoms with Crippen LogP contribution in [-0.4, -0.2) is 30.0 Å². The standard InChI is InChI=1S/C11H13ClFN5O2S/c12-8-6-9(14)11(13)10(7-8)21(19,20)16-2-1-4-18-5-3-15-17-18/h3,5-7,16H,1-2,4,14H2. The van der Waals surface area contributed by atoms with Crippen LogP contribution < -0.4 is 10.5 Å². The summed E-state index contributed by atoms with van der Waals surface area (Å²) in [6, 6.07) is 2.17. The molecule has 2 aromatic rings. The Bertz CT molecular complexity index is 720. The van der Waals surface area contributed by atoms with Crippen LogP contribution in [0, 0.1) is 5.82 Å². The van der Waals surface area contributed by atoms with Gasteiger partial charge in [-0.25, -0.2) is 17.5 Å². The summed E-state index contributed by atoms with van der Waals surface area (Å²) < 4.78 is 41.7. The number of nitrogens with two attached hydrogens (primary N) is 1.